The summed E-state index contributed by atoms with van der Waals surface area (Å²) < 4.78 is 14.3. The molecular weight excluding hydrogens is 348 g/mol. The Balaban J connectivity index is 1.76. The molecule has 1 amide bonds. The molecule has 1 aliphatic rings. The van der Waals surface area contributed by atoms with Crippen molar-refractivity contribution in [2.75, 3.05) is 43.4 Å². The zero-order chi connectivity index (χ0) is 19.6. The first kappa shape index (κ1) is 19.3. The molecule has 142 valence electrons. The van der Waals surface area contributed by atoms with Gasteiger partial charge in [-0.15, -0.1) is 0 Å². The van der Waals surface area contributed by atoms with Gasteiger partial charge in [0.25, 0.3) is 5.91 Å². The van der Waals surface area contributed by atoms with Crippen LogP contribution in [0, 0.1) is 12.7 Å². The minimum absolute atomic E-state index is 0.310. The van der Waals surface area contributed by atoms with E-state index in [1.807, 2.05) is 11.9 Å². The van der Waals surface area contributed by atoms with E-state index in [1.165, 1.54) is 24.3 Å². The van der Waals surface area contributed by atoms with E-state index in [9.17, 15) is 19.2 Å². The number of halogens is 1. The molecule has 1 saturated heterocycles. The third-order valence-corrected chi connectivity index (χ3v) is 4.86. The summed E-state index contributed by atoms with van der Waals surface area (Å²) in [6.45, 7) is 4.88. The van der Waals surface area contributed by atoms with Gasteiger partial charge in [-0.3, -0.25) is 4.79 Å². The molecule has 1 fully saturated rings. The fourth-order valence-electron chi connectivity index (χ4n) is 3.19. The monoisotopic (exact) mass is 371 g/mol. The van der Waals surface area contributed by atoms with E-state index >= 15 is 0 Å². The highest BCUT2D eigenvalue weighted by Gasteiger charge is 2.19. The molecule has 3 rings (SSSR count). The van der Waals surface area contributed by atoms with Crippen LogP contribution in [0.4, 0.5) is 15.8 Å². The molecule has 0 radical (unpaired) electrons. The number of likely N-dealkylation sites (N-methyl/N-ethyl adjacent to an activating group) is 1. The van der Waals surface area contributed by atoms with Gasteiger partial charge in [-0.05, 0) is 49.8 Å². The zero-order valence-corrected chi connectivity index (χ0v) is 15.4. The molecule has 6 nitrogen and oxygen atoms in total. The van der Waals surface area contributed by atoms with Crippen molar-refractivity contribution >= 4 is 29.9 Å². The van der Waals surface area contributed by atoms with Crippen molar-refractivity contribution in [2.24, 2.45) is 0 Å². The van der Waals surface area contributed by atoms with Gasteiger partial charge in [0.05, 0.1) is 5.69 Å². The average molecular weight is 371 g/mol. The fourth-order valence-corrected chi connectivity index (χ4v) is 3.19. The summed E-state index contributed by atoms with van der Waals surface area (Å²) in [7, 11) is 0.457. The van der Waals surface area contributed by atoms with Crippen molar-refractivity contribution in [3.63, 3.8) is 0 Å². The zero-order valence-electron chi connectivity index (χ0n) is 15.4. The maximum absolute atomic E-state index is 14.3. The molecule has 0 aromatic heterocycles. The minimum Gasteiger partial charge on any atom is -0.423 e. The Morgan fingerprint density at radius 2 is 1.81 bits per heavy atom. The molecule has 3 N–H and O–H groups in total. The van der Waals surface area contributed by atoms with Crippen LogP contribution < -0.4 is 15.7 Å². The highest BCUT2D eigenvalue weighted by molar-refractivity contribution is 6.59. The average Bonchev–Trinajstić information content (AvgIpc) is 2.63. The summed E-state index contributed by atoms with van der Waals surface area (Å²) in [6, 6.07) is 9.18. The van der Waals surface area contributed by atoms with Crippen molar-refractivity contribution in [3.8, 4) is 0 Å². The van der Waals surface area contributed by atoms with Crippen LogP contribution in [0.15, 0.2) is 36.4 Å². The summed E-state index contributed by atoms with van der Waals surface area (Å²) in [4.78, 5) is 16.7. The van der Waals surface area contributed by atoms with Gasteiger partial charge in [0, 0.05) is 37.4 Å². The van der Waals surface area contributed by atoms with Crippen molar-refractivity contribution < 1.29 is 19.2 Å². The van der Waals surface area contributed by atoms with Gasteiger partial charge >= 0.3 is 7.12 Å². The summed E-state index contributed by atoms with van der Waals surface area (Å²) in [5.41, 5.74) is 2.35. The number of piperazine rings is 1. The quantitative estimate of drug-likeness (QED) is 0.694. The maximum atomic E-state index is 14.3. The van der Waals surface area contributed by atoms with Crippen LogP contribution in [0.3, 0.4) is 0 Å². The first-order valence-corrected chi connectivity index (χ1v) is 8.86. The molecule has 0 saturated carbocycles. The van der Waals surface area contributed by atoms with Crippen LogP contribution in [-0.2, 0) is 0 Å². The van der Waals surface area contributed by atoms with Crippen LogP contribution in [0.25, 0.3) is 0 Å². The molecule has 8 heteroatoms. The van der Waals surface area contributed by atoms with E-state index in [0.29, 0.717) is 28.0 Å². The summed E-state index contributed by atoms with van der Waals surface area (Å²) in [6.07, 6.45) is 0. The Morgan fingerprint density at radius 1 is 1.11 bits per heavy atom. The van der Waals surface area contributed by atoms with Crippen molar-refractivity contribution in [1.82, 2.24) is 4.90 Å². The number of hydrogen-bond acceptors (Lipinski definition) is 5. The van der Waals surface area contributed by atoms with Crippen molar-refractivity contribution in [2.45, 2.75) is 6.92 Å². The Hall–Kier alpha value is -2.42. The molecular formula is C19H23BFN3O3. The number of hydrogen-bond donors (Lipinski definition) is 3. The summed E-state index contributed by atoms with van der Waals surface area (Å²) >= 11 is 0. The number of carbonyl (C=O) groups is 1. The predicted molar refractivity (Wildman–Crippen MR) is 105 cm³/mol. The molecule has 0 atom stereocenters. The molecule has 0 aliphatic carbocycles. The van der Waals surface area contributed by atoms with Gasteiger partial charge in [0.1, 0.15) is 5.82 Å². The topological polar surface area (TPSA) is 76.0 Å². The number of aryl methyl sites for hydroxylation is 1. The van der Waals surface area contributed by atoms with Crippen LogP contribution >= 0.6 is 0 Å². The number of nitrogens with one attached hydrogen (secondary N) is 1. The Kier molecular flexibility index (Phi) is 5.79. The molecule has 1 heterocycles. The number of anilines is 2. The third kappa shape index (κ3) is 4.47. The van der Waals surface area contributed by atoms with E-state index < -0.39 is 7.12 Å². The molecule has 2 aromatic rings. The van der Waals surface area contributed by atoms with E-state index in [-0.39, 0.29) is 11.7 Å². The first-order valence-electron chi connectivity index (χ1n) is 8.86. The number of nitrogens with zero attached hydrogens (tertiary/aromatic N) is 2. The summed E-state index contributed by atoms with van der Waals surface area (Å²) in [5, 5.41) is 21.3. The van der Waals surface area contributed by atoms with Gasteiger partial charge in [0.2, 0.25) is 0 Å². The molecule has 2 aromatic carbocycles. The normalized spacial score (nSPS) is 14.9. The molecule has 0 unspecified atom stereocenters. The second kappa shape index (κ2) is 8.08. The van der Waals surface area contributed by atoms with Gasteiger partial charge in [-0.1, -0.05) is 11.6 Å². The second-order valence-corrected chi connectivity index (χ2v) is 6.86. The second-order valence-electron chi connectivity index (χ2n) is 6.86. The maximum Gasteiger partial charge on any atom is 0.488 e. The van der Waals surface area contributed by atoms with Gasteiger partial charge in [-0.2, -0.15) is 0 Å². The highest BCUT2D eigenvalue weighted by atomic mass is 19.1. The number of carbonyl (C=O) groups excluding carboxylic acids is 1. The van der Waals surface area contributed by atoms with E-state index in [0.717, 1.165) is 26.2 Å². The van der Waals surface area contributed by atoms with Gasteiger partial charge < -0.3 is 25.2 Å². The number of benzene rings is 2. The largest absolute Gasteiger partial charge is 0.488 e. The minimum atomic E-state index is -1.58. The van der Waals surface area contributed by atoms with Crippen LogP contribution in [0.1, 0.15) is 15.9 Å². The third-order valence-electron chi connectivity index (χ3n) is 4.86. The van der Waals surface area contributed by atoms with E-state index in [1.54, 1.807) is 19.1 Å². The van der Waals surface area contributed by atoms with Gasteiger partial charge in [-0.25, -0.2) is 4.39 Å². The lowest BCUT2D eigenvalue weighted by Crippen LogP contribution is -2.44. The smallest absolute Gasteiger partial charge is 0.423 e. The number of rotatable bonds is 4. The molecule has 0 spiro atoms. The van der Waals surface area contributed by atoms with Crippen LogP contribution in [-0.4, -0.2) is 61.2 Å². The molecule has 1 aliphatic heterocycles. The predicted octanol–water partition coefficient (Wildman–Crippen LogP) is 0.818. The highest BCUT2D eigenvalue weighted by Crippen LogP contribution is 2.25. The van der Waals surface area contributed by atoms with E-state index in [2.05, 4.69) is 10.2 Å². The van der Waals surface area contributed by atoms with Crippen molar-refractivity contribution in [3.05, 3.63) is 53.3 Å². The van der Waals surface area contributed by atoms with Crippen LogP contribution in [0.5, 0.6) is 0 Å². The fraction of sp³-hybridized carbons (Fsp3) is 0.316. The molecule has 0 bridgehead atoms. The first-order chi connectivity index (χ1) is 12.8. The standard InChI is InChI=1S/C19H23BFN3O3/c1-13-11-14(3-5-16(13)20(26)27)19(25)22-15-4-6-17(21)18(12-15)24-9-7-23(2)8-10-24/h3-6,11-12,26-27H,7-10H2,1-2H3,(H,22,25). The molecule has 27 heavy (non-hydrogen) atoms. The van der Waals surface area contributed by atoms with E-state index in [4.69, 9.17) is 0 Å². The Morgan fingerprint density at radius 3 is 2.44 bits per heavy atom. The SMILES string of the molecule is Cc1cc(C(=O)Nc2ccc(F)c(N3CCN(C)CC3)c2)ccc1B(O)O. The van der Waals surface area contributed by atoms with Gasteiger partial charge in [0.15, 0.2) is 0 Å². The lowest BCUT2D eigenvalue weighted by molar-refractivity contribution is 0.102. The lowest BCUT2D eigenvalue weighted by atomic mass is 9.77. The Bertz CT molecular complexity index is 839. The Labute approximate surface area is 158 Å². The van der Waals surface area contributed by atoms with Crippen LogP contribution in [0.2, 0.25) is 0 Å². The van der Waals surface area contributed by atoms with Crippen molar-refractivity contribution in [1.29, 1.82) is 0 Å². The summed E-state index contributed by atoms with van der Waals surface area (Å²) in [5.74, 6) is -0.650. The number of amides is 1. The lowest BCUT2D eigenvalue weighted by Gasteiger charge is -2.34.